The molecule has 0 fully saturated rings. The highest BCUT2D eigenvalue weighted by Crippen LogP contribution is 2.09. The second kappa shape index (κ2) is 7.08. The molecule has 1 unspecified atom stereocenters. The van der Waals surface area contributed by atoms with Crippen molar-refractivity contribution in [2.75, 3.05) is 20.3 Å². The number of rotatable bonds is 6. The first-order valence-corrected chi connectivity index (χ1v) is 5.76. The average molecular weight is 255 g/mol. The molecule has 1 aromatic rings. The van der Waals surface area contributed by atoms with E-state index in [1.54, 1.807) is 6.92 Å². The lowest BCUT2D eigenvalue weighted by molar-refractivity contribution is 0.0587. The number of hydrogen-bond acceptors (Lipinski definition) is 3. The second-order valence-corrected chi connectivity index (χ2v) is 4.12. The summed E-state index contributed by atoms with van der Waals surface area (Å²) in [5.74, 6) is -0.607. The predicted molar refractivity (Wildman–Crippen MR) is 66.0 cm³/mol. The van der Waals surface area contributed by atoms with Crippen molar-refractivity contribution < 1.29 is 19.0 Å². The molecule has 0 heterocycles. The fourth-order valence-corrected chi connectivity index (χ4v) is 1.52. The highest BCUT2D eigenvalue weighted by Gasteiger charge is 2.08. The van der Waals surface area contributed by atoms with Crippen LogP contribution in [-0.2, 0) is 4.74 Å². The zero-order chi connectivity index (χ0) is 13.5. The molecular formula is C13H18FNO3. The molecule has 0 saturated heterocycles. The monoisotopic (exact) mass is 255 g/mol. The molecule has 1 aromatic carbocycles. The summed E-state index contributed by atoms with van der Waals surface area (Å²) in [6.45, 7) is 2.19. The van der Waals surface area contributed by atoms with Crippen LogP contribution in [0.25, 0.3) is 0 Å². The third-order valence-electron chi connectivity index (χ3n) is 2.54. The summed E-state index contributed by atoms with van der Waals surface area (Å²) in [5.41, 5.74) is 0.845. The Morgan fingerprint density at radius 3 is 2.89 bits per heavy atom. The summed E-state index contributed by atoms with van der Waals surface area (Å²) in [4.78, 5) is 11.7. The standard InChI is InChI=1S/C13H18FNO3/c1-9-7-10(3-4-12(9)14)13(17)15-6-5-11(16)8-18-2/h3-4,7,11,16H,5-6,8H2,1-2H3,(H,15,17). The van der Waals surface area contributed by atoms with E-state index in [0.717, 1.165) is 0 Å². The molecule has 0 radical (unpaired) electrons. The lowest BCUT2D eigenvalue weighted by Crippen LogP contribution is -2.28. The molecule has 2 N–H and O–H groups in total. The van der Waals surface area contributed by atoms with Crippen LogP contribution < -0.4 is 5.32 Å². The Balaban J connectivity index is 2.43. The van der Waals surface area contributed by atoms with E-state index in [-0.39, 0.29) is 18.3 Å². The van der Waals surface area contributed by atoms with Crippen LogP contribution in [0.1, 0.15) is 22.3 Å². The third kappa shape index (κ3) is 4.43. The molecular weight excluding hydrogens is 237 g/mol. The van der Waals surface area contributed by atoms with Gasteiger partial charge in [-0.25, -0.2) is 4.39 Å². The molecule has 0 spiro atoms. The lowest BCUT2D eigenvalue weighted by atomic mass is 10.1. The number of methoxy groups -OCH3 is 1. The highest BCUT2D eigenvalue weighted by molar-refractivity contribution is 5.94. The number of carbonyl (C=O) groups excluding carboxylic acids is 1. The van der Waals surface area contributed by atoms with Crippen LogP contribution in [0.15, 0.2) is 18.2 Å². The molecule has 100 valence electrons. The maximum Gasteiger partial charge on any atom is 0.251 e. The molecule has 0 aliphatic carbocycles. The smallest absolute Gasteiger partial charge is 0.251 e. The van der Waals surface area contributed by atoms with Crippen LogP contribution in [0.5, 0.6) is 0 Å². The summed E-state index contributed by atoms with van der Waals surface area (Å²) in [7, 11) is 1.50. The molecule has 4 nitrogen and oxygen atoms in total. The van der Waals surface area contributed by atoms with Crippen LogP contribution in [0.2, 0.25) is 0 Å². The molecule has 1 rings (SSSR count). The van der Waals surface area contributed by atoms with E-state index in [1.165, 1.54) is 25.3 Å². The molecule has 18 heavy (non-hydrogen) atoms. The average Bonchev–Trinajstić information content (AvgIpc) is 2.33. The van der Waals surface area contributed by atoms with Gasteiger partial charge in [0.05, 0.1) is 12.7 Å². The van der Waals surface area contributed by atoms with Crippen molar-refractivity contribution in [2.45, 2.75) is 19.4 Å². The van der Waals surface area contributed by atoms with Gasteiger partial charge in [0, 0.05) is 19.2 Å². The fourth-order valence-electron chi connectivity index (χ4n) is 1.52. The second-order valence-electron chi connectivity index (χ2n) is 4.12. The number of benzene rings is 1. The zero-order valence-corrected chi connectivity index (χ0v) is 10.6. The van der Waals surface area contributed by atoms with Crippen molar-refractivity contribution in [2.24, 2.45) is 0 Å². The molecule has 0 aliphatic rings. The topological polar surface area (TPSA) is 58.6 Å². The van der Waals surface area contributed by atoms with Gasteiger partial charge in [-0.3, -0.25) is 4.79 Å². The number of aryl methyl sites for hydroxylation is 1. The minimum Gasteiger partial charge on any atom is -0.391 e. The molecule has 5 heteroatoms. The van der Waals surface area contributed by atoms with Crippen molar-refractivity contribution in [1.82, 2.24) is 5.32 Å². The normalized spacial score (nSPS) is 12.2. The van der Waals surface area contributed by atoms with Gasteiger partial charge in [-0.15, -0.1) is 0 Å². The van der Waals surface area contributed by atoms with Gasteiger partial charge in [-0.1, -0.05) is 0 Å². The summed E-state index contributed by atoms with van der Waals surface area (Å²) in [5, 5.41) is 12.0. The number of halogens is 1. The number of ether oxygens (including phenoxy) is 1. The Bertz CT molecular complexity index is 409. The Labute approximate surface area is 106 Å². The summed E-state index contributed by atoms with van der Waals surface area (Å²) in [6.07, 6.45) is -0.176. The number of nitrogens with one attached hydrogen (secondary N) is 1. The van der Waals surface area contributed by atoms with Gasteiger partial charge in [-0.2, -0.15) is 0 Å². The Morgan fingerprint density at radius 2 is 2.28 bits per heavy atom. The fraction of sp³-hybridized carbons (Fsp3) is 0.462. The largest absolute Gasteiger partial charge is 0.391 e. The Morgan fingerprint density at radius 1 is 1.56 bits per heavy atom. The first kappa shape index (κ1) is 14.6. The van der Waals surface area contributed by atoms with Gasteiger partial charge in [0.2, 0.25) is 0 Å². The lowest BCUT2D eigenvalue weighted by Gasteiger charge is -2.10. The summed E-state index contributed by atoms with van der Waals surface area (Å²) < 4.78 is 17.8. The Kier molecular flexibility index (Phi) is 5.74. The van der Waals surface area contributed by atoms with E-state index < -0.39 is 6.10 Å². The van der Waals surface area contributed by atoms with E-state index in [9.17, 15) is 14.3 Å². The number of amides is 1. The van der Waals surface area contributed by atoms with Gasteiger partial charge >= 0.3 is 0 Å². The van der Waals surface area contributed by atoms with Crippen molar-refractivity contribution in [3.63, 3.8) is 0 Å². The van der Waals surface area contributed by atoms with Gasteiger partial charge in [0.15, 0.2) is 0 Å². The highest BCUT2D eigenvalue weighted by atomic mass is 19.1. The number of aliphatic hydroxyl groups excluding tert-OH is 1. The number of carbonyl (C=O) groups is 1. The van der Waals surface area contributed by atoms with Crippen molar-refractivity contribution in [3.05, 3.63) is 35.1 Å². The van der Waals surface area contributed by atoms with Crippen LogP contribution in [-0.4, -0.2) is 37.4 Å². The molecule has 0 bridgehead atoms. The molecule has 0 aliphatic heterocycles. The van der Waals surface area contributed by atoms with Gasteiger partial charge < -0.3 is 15.2 Å². The Hall–Kier alpha value is -1.46. The van der Waals surface area contributed by atoms with Crippen LogP contribution >= 0.6 is 0 Å². The maximum atomic E-state index is 13.0. The molecule has 0 saturated carbocycles. The quantitative estimate of drug-likeness (QED) is 0.804. The molecule has 1 amide bonds. The molecule has 0 aromatic heterocycles. The van der Waals surface area contributed by atoms with E-state index in [4.69, 9.17) is 4.74 Å². The first-order chi connectivity index (χ1) is 8.54. The third-order valence-corrected chi connectivity index (χ3v) is 2.54. The van der Waals surface area contributed by atoms with E-state index in [0.29, 0.717) is 24.1 Å². The summed E-state index contributed by atoms with van der Waals surface area (Å²) in [6, 6.07) is 4.20. The van der Waals surface area contributed by atoms with Gasteiger partial charge in [0.25, 0.3) is 5.91 Å². The number of hydrogen-bond donors (Lipinski definition) is 2. The van der Waals surface area contributed by atoms with E-state index >= 15 is 0 Å². The van der Waals surface area contributed by atoms with Gasteiger partial charge in [-0.05, 0) is 37.1 Å². The van der Waals surface area contributed by atoms with Crippen LogP contribution in [0, 0.1) is 12.7 Å². The van der Waals surface area contributed by atoms with Crippen molar-refractivity contribution in [1.29, 1.82) is 0 Å². The van der Waals surface area contributed by atoms with E-state index in [2.05, 4.69) is 5.32 Å². The number of aliphatic hydroxyl groups is 1. The maximum absolute atomic E-state index is 13.0. The SMILES string of the molecule is COCC(O)CCNC(=O)c1ccc(F)c(C)c1. The van der Waals surface area contributed by atoms with Crippen molar-refractivity contribution >= 4 is 5.91 Å². The minimum atomic E-state index is -0.592. The predicted octanol–water partition coefficient (Wildman–Crippen LogP) is 1.26. The zero-order valence-electron chi connectivity index (χ0n) is 10.6. The van der Waals surface area contributed by atoms with Gasteiger partial charge in [0.1, 0.15) is 5.82 Å². The first-order valence-electron chi connectivity index (χ1n) is 5.76. The van der Waals surface area contributed by atoms with Crippen LogP contribution in [0.4, 0.5) is 4.39 Å². The van der Waals surface area contributed by atoms with E-state index in [1.807, 2.05) is 0 Å². The van der Waals surface area contributed by atoms with Crippen LogP contribution in [0.3, 0.4) is 0 Å². The molecule has 1 atom stereocenters. The van der Waals surface area contributed by atoms with Crippen molar-refractivity contribution in [3.8, 4) is 0 Å². The minimum absolute atomic E-state index is 0.242. The summed E-state index contributed by atoms with van der Waals surface area (Å²) >= 11 is 0.